The monoisotopic (exact) mass is 732 g/mol. The predicted octanol–water partition coefficient (Wildman–Crippen LogP) is 12.3. The summed E-state index contributed by atoms with van der Waals surface area (Å²) in [4.78, 5) is 2.83. The van der Waals surface area contributed by atoms with Gasteiger partial charge in [-0.15, -0.1) is 22.7 Å². The van der Waals surface area contributed by atoms with Crippen LogP contribution >= 0.6 is 22.7 Å². The number of ether oxygens (including phenoxy) is 2. The first-order valence-corrected chi connectivity index (χ1v) is 21.2. The van der Waals surface area contributed by atoms with Gasteiger partial charge < -0.3 is 20.5 Å². The fourth-order valence-corrected chi connectivity index (χ4v) is 13.3. The van der Waals surface area contributed by atoms with Gasteiger partial charge in [0, 0.05) is 68.8 Å². The van der Waals surface area contributed by atoms with Crippen molar-refractivity contribution < 1.29 is 9.47 Å². The Balaban J connectivity index is 1.06. The summed E-state index contributed by atoms with van der Waals surface area (Å²) in [7, 11) is 0. The highest BCUT2D eigenvalue weighted by Gasteiger charge is 2.58. The number of aryl methyl sites for hydroxylation is 1. The third-order valence-corrected chi connectivity index (χ3v) is 15.3. The summed E-state index contributed by atoms with van der Waals surface area (Å²) in [5, 5.41) is 5.87. The van der Waals surface area contributed by atoms with Crippen LogP contribution < -0.4 is 15.8 Å². The van der Waals surface area contributed by atoms with Crippen LogP contribution in [0.15, 0.2) is 90.3 Å². The molecule has 0 radical (unpaired) electrons. The Kier molecular flexibility index (Phi) is 7.39. The zero-order chi connectivity index (χ0) is 35.3. The quantitative estimate of drug-likeness (QED) is 0.206. The molecular formula is C47H44N2O2S2. The van der Waals surface area contributed by atoms with Gasteiger partial charge >= 0.3 is 0 Å². The largest absolute Gasteiger partial charge is 0.494 e. The molecule has 2 aromatic heterocycles. The normalized spacial score (nSPS) is 27.4. The molecule has 4 nitrogen and oxygen atoms in total. The van der Waals surface area contributed by atoms with E-state index >= 15 is 0 Å². The second kappa shape index (κ2) is 12.3. The molecule has 4 aromatic rings. The Bertz CT molecular complexity index is 2380. The van der Waals surface area contributed by atoms with Crippen molar-refractivity contribution in [3.8, 4) is 11.5 Å². The first-order chi connectivity index (χ1) is 26.1. The lowest BCUT2D eigenvalue weighted by molar-refractivity contribution is -0.000575. The van der Waals surface area contributed by atoms with Gasteiger partial charge in [-0.1, -0.05) is 78.9 Å². The summed E-state index contributed by atoms with van der Waals surface area (Å²) in [6.45, 7) is 2.99. The van der Waals surface area contributed by atoms with Crippen molar-refractivity contribution in [3.63, 3.8) is 0 Å². The van der Waals surface area contributed by atoms with Crippen LogP contribution in [0.25, 0.3) is 23.8 Å². The fourth-order valence-electron chi connectivity index (χ4n) is 11.0. The Labute approximate surface area is 320 Å². The Morgan fingerprint density at radius 2 is 1.85 bits per heavy atom. The molecule has 0 bridgehead atoms. The van der Waals surface area contributed by atoms with E-state index in [2.05, 4.69) is 109 Å². The van der Waals surface area contributed by atoms with Gasteiger partial charge in [0.1, 0.15) is 17.6 Å². The van der Waals surface area contributed by atoms with Crippen molar-refractivity contribution >= 4 is 56.5 Å². The molecule has 3 N–H and O–H groups in total. The SMILES string of the molecule is C/C=C\c1c(N)sc2c1C(C1CCC3=C(C1)OC1CC=CC[C@H]1C31c3ccccc3Oc3cc(C4CC=Cc5sc6c(c54)C=CCN6)ccc31)=CCC2. The topological polar surface area (TPSA) is 56.5 Å². The zero-order valence-corrected chi connectivity index (χ0v) is 31.8. The van der Waals surface area contributed by atoms with Crippen molar-refractivity contribution in [2.24, 2.45) is 11.8 Å². The van der Waals surface area contributed by atoms with Gasteiger partial charge in [-0.05, 0) is 91.8 Å². The fraction of sp³-hybridized carbons (Fsp3) is 0.319. The van der Waals surface area contributed by atoms with Crippen LogP contribution in [0.2, 0.25) is 0 Å². The minimum atomic E-state index is -0.308. The van der Waals surface area contributed by atoms with Crippen LogP contribution in [0.5, 0.6) is 11.5 Å². The highest BCUT2D eigenvalue weighted by molar-refractivity contribution is 7.17. The van der Waals surface area contributed by atoms with Gasteiger partial charge in [0.25, 0.3) is 0 Å². The maximum absolute atomic E-state index is 7.25. The molecule has 11 rings (SSSR count). The van der Waals surface area contributed by atoms with Crippen molar-refractivity contribution in [1.82, 2.24) is 0 Å². The minimum Gasteiger partial charge on any atom is -0.494 e. The number of anilines is 2. The highest BCUT2D eigenvalue weighted by atomic mass is 32.1. The number of hydrogen-bond acceptors (Lipinski definition) is 6. The second-order valence-electron chi connectivity index (χ2n) is 15.7. The van der Waals surface area contributed by atoms with Crippen molar-refractivity contribution in [2.75, 3.05) is 17.6 Å². The first-order valence-electron chi connectivity index (χ1n) is 19.6. The molecule has 0 saturated heterocycles. The number of nitrogens with one attached hydrogen (secondary N) is 1. The van der Waals surface area contributed by atoms with E-state index < -0.39 is 0 Å². The van der Waals surface area contributed by atoms with Gasteiger partial charge in [0.05, 0.1) is 21.2 Å². The summed E-state index contributed by atoms with van der Waals surface area (Å²) >= 11 is 3.68. The average molecular weight is 733 g/mol. The van der Waals surface area contributed by atoms with Crippen LogP contribution in [0.3, 0.4) is 0 Å². The number of fused-ring (bicyclic) bond motifs is 11. The second-order valence-corrected chi connectivity index (χ2v) is 17.9. The van der Waals surface area contributed by atoms with E-state index in [1.54, 1.807) is 11.3 Å². The molecule has 0 amide bonds. The molecule has 6 heteroatoms. The molecule has 5 atom stereocenters. The molecule has 53 heavy (non-hydrogen) atoms. The van der Waals surface area contributed by atoms with E-state index in [-0.39, 0.29) is 11.5 Å². The minimum absolute atomic E-state index is 0.116. The molecule has 0 saturated carbocycles. The van der Waals surface area contributed by atoms with E-state index in [0.717, 1.165) is 74.4 Å². The zero-order valence-electron chi connectivity index (χ0n) is 30.1. The Morgan fingerprint density at radius 3 is 2.79 bits per heavy atom. The van der Waals surface area contributed by atoms with Gasteiger partial charge in [-0.25, -0.2) is 0 Å². The maximum Gasteiger partial charge on any atom is 0.132 e. The third-order valence-electron chi connectivity index (χ3n) is 13.1. The number of para-hydroxylation sites is 1. The molecule has 4 unspecified atom stereocenters. The average Bonchev–Trinajstić information content (AvgIpc) is 3.74. The Morgan fingerprint density at radius 1 is 0.943 bits per heavy atom. The van der Waals surface area contributed by atoms with Gasteiger partial charge in [-0.2, -0.15) is 0 Å². The molecule has 3 aliphatic heterocycles. The highest BCUT2D eigenvalue weighted by Crippen LogP contribution is 2.64. The lowest BCUT2D eigenvalue weighted by Gasteiger charge is -2.55. The molecule has 266 valence electrons. The third kappa shape index (κ3) is 4.64. The number of thiophene rings is 2. The molecule has 7 aliphatic rings. The van der Waals surface area contributed by atoms with Crippen LogP contribution in [-0.4, -0.2) is 12.6 Å². The summed E-state index contributed by atoms with van der Waals surface area (Å²) in [5.41, 5.74) is 18.7. The van der Waals surface area contributed by atoms with E-state index in [1.165, 1.54) is 70.6 Å². The standard InChI is InChI=1S/C47H44N2O2S2/c1-2-10-31-43-29(11-7-18-41(43)52-45(31)48)27-20-22-35-39(25-27)50-37-16-5-3-14-33(37)47(35)34-15-4-6-17-38(34)51-40-26-28(21-23-36(40)47)30-12-8-19-42-44(30)32-13-9-24-49-46(32)53-42/h2-6,8-11,13,15,17,19,21,23,26-27,30,33,37,49H,7,12,14,16,18,20,22,24-25,48H2,1H3/b10-2-/t27?,30?,33-,37?,47?/m1/s1. The number of allylic oxidation sites excluding steroid dienone is 7. The number of benzene rings is 2. The lowest BCUT2D eigenvalue weighted by atomic mass is 9.53. The number of nitrogen functional groups attached to an aromatic ring is 1. The molecule has 0 fully saturated rings. The van der Waals surface area contributed by atoms with Crippen LogP contribution in [0.4, 0.5) is 10.0 Å². The maximum atomic E-state index is 7.25. The van der Waals surface area contributed by atoms with Crippen molar-refractivity contribution in [3.05, 3.63) is 139 Å². The predicted molar refractivity (Wildman–Crippen MR) is 222 cm³/mol. The summed E-state index contributed by atoms with van der Waals surface area (Å²) in [6.07, 6.45) is 29.1. The summed E-state index contributed by atoms with van der Waals surface area (Å²) in [6, 6.07) is 16.2. The van der Waals surface area contributed by atoms with E-state index in [9.17, 15) is 0 Å². The molecular weight excluding hydrogens is 689 g/mol. The molecule has 2 aromatic carbocycles. The molecule has 4 aliphatic carbocycles. The van der Waals surface area contributed by atoms with Gasteiger partial charge in [0.15, 0.2) is 0 Å². The van der Waals surface area contributed by atoms with Crippen molar-refractivity contribution in [1.29, 1.82) is 0 Å². The van der Waals surface area contributed by atoms with E-state index in [4.69, 9.17) is 15.2 Å². The van der Waals surface area contributed by atoms with Gasteiger partial charge in [-0.3, -0.25) is 0 Å². The lowest BCUT2D eigenvalue weighted by Crippen LogP contribution is -2.51. The van der Waals surface area contributed by atoms with Crippen LogP contribution in [0.1, 0.15) is 106 Å². The van der Waals surface area contributed by atoms with Crippen LogP contribution in [0, 0.1) is 11.8 Å². The van der Waals surface area contributed by atoms with Crippen LogP contribution in [-0.2, 0) is 16.6 Å². The molecule has 5 heterocycles. The Hall–Kier alpha value is -4.52. The van der Waals surface area contributed by atoms with Crippen molar-refractivity contribution in [2.45, 2.75) is 75.7 Å². The number of rotatable bonds is 3. The van der Waals surface area contributed by atoms with E-state index in [1.807, 2.05) is 11.3 Å². The molecule has 1 spiro atoms. The smallest absolute Gasteiger partial charge is 0.132 e. The first kappa shape index (κ1) is 32.0. The summed E-state index contributed by atoms with van der Waals surface area (Å²) in [5.74, 6) is 4.22. The number of nitrogens with two attached hydrogens (primary N) is 1. The number of hydrogen-bond donors (Lipinski definition) is 2. The van der Waals surface area contributed by atoms with E-state index in [0.29, 0.717) is 17.8 Å². The summed E-state index contributed by atoms with van der Waals surface area (Å²) < 4.78 is 14.3. The van der Waals surface area contributed by atoms with Gasteiger partial charge in [0.2, 0.25) is 0 Å².